The lowest BCUT2D eigenvalue weighted by Gasteiger charge is -2.24. The number of rotatable bonds is 1. The van der Waals surface area contributed by atoms with E-state index in [9.17, 15) is 4.39 Å². The molecule has 5 heteroatoms. The van der Waals surface area contributed by atoms with Crippen molar-refractivity contribution >= 4 is 0 Å². The summed E-state index contributed by atoms with van der Waals surface area (Å²) in [5, 5.41) is 8.66. The number of nitrogens with two attached hydrogens (primary N) is 1. The molecule has 4 nitrogen and oxygen atoms in total. The largest absolute Gasteiger partial charge is 0.325 e. The van der Waals surface area contributed by atoms with Crippen LogP contribution in [-0.2, 0) is 0 Å². The van der Waals surface area contributed by atoms with E-state index in [2.05, 4.69) is 37.6 Å². The smallest absolute Gasteiger partial charge is 0.197 e. The van der Waals surface area contributed by atoms with Crippen molar-refractivity contribution in [1.29, 1.82) is 5.26 Å². The Labute approximate surface area is 169 Å². The topological polar surface area (TPSA) is 56.3 Å². The van der Waals surface area contributed by atoms with Crippen LogP contribution in [0.4, 0.5) is 4.39 Å². The van der Waals surface area contributed by atoms with E-state index in [1.807, 2.05) is 27.7 Å². The van der Waals surface area contributed by atoms with E-state index in [0.717, 1.165) is 25.9 Å². The van der Waals surface area contributed by atoms with Gasteiger partial charge in [0, 0.05) is 24.5 Å². The molecule has 0 aromatic rings. The standard InChI is InChI=1S/C10H17FN2.C8H18N2.2C2H6/c1-9(2)13-6-3-4-10(11,8-12)5-7-13;1-8(9)4-3-6-10(2)7-5-8;2*1-2/h9H,3-7H2,1-2H3;3-7,9H2,1-2H3;2*1-2H3. The highest BCUT2D eigenvalue weighted by Crippen LogP contribution is 2.26. The molecule has 0 bridgehead atoms. The van der Waals surface area contributed by atoms with E-state index < -0.39 is 5.67 Å². The number of likely N-dealkylation sites (tertiary alicyclic amines) is 2. The number of alkyl halides is 1. The van der Waals surface area contributed by atoms with Gasteiger partial charge in [-0.1, -0.05) is 27.7 Å². The van der Waals surface area contributed by atoms with Gasteiger partial charge in [-0.05, 0) is 79.6 Å². The fraction of sp³-hybridized carbons (Fsp3) is 0.955. The Morgan fingerprint density at radius 3 is 2.00 bits per heavy atom. The minimum Gasteiger partial charge on any atom is -0.325 e. The maximum atomic E-state index is 13.6. The Hall–Kier alpha value is -0.700. The molecule has 27 heavy (non-hydrogen) atoms. The third-order valence-corrected chi connectivity index (χ3v) is 5.10. The molecule has 0 amide bonds. The first-order chi connectivity index (χ1) is 12.7. The van der Waals surface area contributed by atoms with Gasteiger partial charge in [0.1, 0.15) is 6.07 Å². The predicted octanol–water partition coefficient (Wildman–Crippen LogP) is 4.98. The zero-order valence-electron chi connectivity index (χ0n) is 19.4. The average molecular weight is 387 g/mol. The van der Waals surface area contributed by atoms with Gasteiger partial charge >= 0.3 is 0 Å². The fourth-order valence-corrected chi connectivity index (χ4v) is 3.18. The molecule has 2 aliphatic heterocycles. The van der Waals surface area contributed by atoms with Crippen LogP contribution in [0.3, 0.4) is 0 Å². The van der Waals surface area contributed by atoms with Crippen LogP contribution in [0.15, 0.2) is 0 Å². The molecule has 2 rings (SSSR count). The predicted molar refractivity (Wildman–Crippen MR) is 117 cm³/mol. The van der Waals surface area contributed by atoms with Gasteiger partial charge in [-0.25, -0.2) is 4.39 Å². The third kappa shape index (κ3) is 13.2. The van der Waals surface area contributed by atoms with Gasteiger partial charge in [-0.15, -0.1) is 0 Å². The summed E-state index contributed by atoms with van der Waals surface area (Å²) in [5.74, 6) is 0. The van der Waals surface area contributed by atoms with Crippen molar-refractivity contribution < 1.29 is 4.39 Å². The highest BCUT2D eigenvalue weighted by molar-refractivity contribution is 5.02. The number of halogens is 1. The van der Waals surface area contributed by atoms with E-state index in [1.54, 1.807) is 6.07 Å². The van der Waals surface area contributed by atoms with Crippen molar-refractivity contribution in [2.45, 2.75) is 104 Å². The average Bonchev–Trinajstić information content (AvgIpc) is 2.95. The molecule has 0 radical (unpaired) electrons. The van der Waals surface area contributed by atoms with Crippen LogP contribution in [0, 0.1) is 11.3 Å². The summed E-state index contributed by atoms with van der Waals surface area (Å²) < 4.78 is 13.6. The molecular weight excluding hydrogens is 339 g/mol. The number of nitrogens with zero attached hydrogens (tertiary/aromatic N) is 3. The summed E-state index contributed by atoms with van der Waals surface area (Å²) in [6.07, 6.45) is 5.13. The Bertz CT molecular complexity index is 392. The molecule has 2 saturated heterocycles. The van der Waals surface area contributed by atoms with Crippen molar-refractivity contribution in [3.63, 3.8) is 0 Å². The van der Waals surface area contributed by atoms with E-state index in [0.29, 0.717) is 25.4 Å². The molecule has 2 heterocycles. The fourth-order valence-electron chi connectivity index (χ4n) is 3.18. The van der Waals surface area contributed by atoms with Gasteiger partial charge in [0.15, 0.2) is 5.67 Å². The molecule has 0 aliphatic carbocycles. The van der Waals surface area contributed by atoms with Crippen molar-refractivity contribution in [3.8, 4) is 6.07 Å². The number of hydrogen-bond donors (Lipinski definition) is 1. The highest BCUT2D eigenvalue weighted by atomic mass is 19.1. The molecule has 2 atom stereocenters. The highest BCUT2D eigenvalue weighted by Gasteiger charge is 2.32. The van der Waals surface area contributed by atoms with Crippen molar-refractivity contribution in [3.05, 3.63) is 0 Å². The monoisotopic (exact) mass is 386 g/mol. The van der Waals surface area contributed by atoms with Crippen LogP contribution >= 0.6 is 0 Å². The molecule has 2 aliphatic rings. The Balaban J connectivity index is 0. The summed E-state index contributed by atoms with van der Waals surface area (Å²) in [5.41, 5.74) is 4.55. The first-order valence-electron chi connectivity index (χ1n) is 11.0. The molecular formula is C22H47FN4. The van der Waals surface area contributed by atoms with Gasteiger partial charge in [0.05, 0.1) is 0 Å². The van der Waals surface area contributed by atoms with Crippen LogP contribution in [0.5, 0.6) is 0 Å². The lowest BCUT2D eigenvalue weighted by Crippen LogP contribution is -2.36. The van der Waals surface area contributed by atoms with Gasteiger partial charge in [0.25, 0.3) is 0 Å². The van der Waals surface area contributed by atoms with E-state index >= 15 is 0 Å². The van der Waals surface area contributed by atoms with Gasteiger partial charge < -0.3 is 15.5 Å². The molecule has 2 fully saturated rings. The van der Waals surface area contributed by atoms with Gasteiger partial charge in [0.2, 0.25) is 0 Å². The first kappa shape index (κ1) is 28.5. The minimum absolute atomic E-state index is 0.102. The summed E-state index contributed by atoms with van der Waals surface area (Å²) in [7, 11) is 2.17. The van der Waals surface area contributed by atoms with Crippen LogP contribution in [0.25, 0.3) is 0 Å². The lowest BCUT2D eigenvalue weighted by atomic mass is 9.95. The minimum atomic E-state index is -1.57. The van der Waals surface area contributed by atoms with Crippen molar-refractivity contribution in [2.24, 2.45) is 5.73 Å². The van der Waals surface area contributed by atoms with E-state index in [1.165, 1.54) is 19.4 Å². The normalized spacial score (nSPS) is 29.4. The van der Waals surface area contributed by atoms with Gasteiger partial charge in [-0.3, -0.25) is 0 Å². The van der Waals surface area contributed by atoms with E-state index in [4.69, 9.17) is 11.0 Å². The second kappa shape index (κ2) is 15.2. The SMILES string of the molecule is CC.CC.CC(C)N1CCCC(F)(C#N)CC1.CN1CCCC(C)(N)CC1. The lowest BCUT2D eigenvalue weighted by molar-refractivity contribution is 0.191. The molecule has 0 aromatic carbocycles. The molecule has 0 spiro atoms. The van der Waals surface area contributed by atoms with Crippen LogP contribution in [0.2, 0.25) is 0 Å². The molecule has 0 saturated carbocycles. The van der Waals surface area contributed by atoms with Crippen molar-refractivity contribution in [2.75, 3.05) is 33.2 Å². The summed E-state index contributed by atoms with van der Waals surface area (Å²) >= 11 is 0. The van der Waals surface area contributed by atoms with Crippen molar-refractivity contribution in [1.82, 2.24) is 9.80 Å². The molecule has 0 aromatic heterocycles. The quantitative estimate of drug-likeness (QED) is 0.690. The Kier molecular flexibility index (Phi) is 16.1. The third-order valence-electron chi connectivity index (χ3n) is 5.10. The first-order valence-corrected chi connectivity index (χ1v) is 11.0. The Morgan fingerprint density at radius 2 is 1.48 bits per heavy atom. The zero-order valence-corrected chi connectivity index (χ0v) is 19.4. The maximum absolute atomic E-state index is 13.6. The molecule has 162 valence electrons. The molecule has 2 N–H and O–H groups in total. The van der Waals surface area contributed by atoms with Crippen LogP contribution in [-0.4, -0.2) is 60.3 Å². The second-order valence-electron chi connectivity index (χ2n) is 7.87. The summed E-state index contributed by atoms with van der Waals surface area (Å²) in [6, 6.07) is 2.25. The van der Waals surface area contributed by atoms with Gasteiger partial charge in [-0.2, -0.15) is 5.26 Å². The summed E-state index contributed by atoms with van der Waals surface area (Å²) in [6.45, 7) is 18.4. The Morgan fingerprint density at radius 1 is 0.926 bits per heavy atom. The van der Waals surface area contributed by atoms with Crippen LogP contribution in [0.1, 0.15) is 87.0 Å². The summed E-state index contributed by atoms with van der Waals surface area (Å²) in [4.78, 5) is 4.59. The van der Waals surface area contributed by atoms with Crippen LogP contribution < -0.4 is 5.73 Å². The maximum Gasteiger partial charge on any atom is 0.197 e. The second-order valence-corrected chi connectivity index (χ2v) is 7.87. The van der Waals surface area contributed by atoms with E-state index in [-0.39, 0.29) is 5.54 Å². The molecule has 2 unspecified atom stereocenters. The number of nitriles is 1. The number of hydrogen-bond acceptors (Lipinski definition) is 4. The zero-order chi connectivity index (χ0) is 21.5.